The van der Waals surface area contributed by atoms with E-state index in [1.54, 1.807) is 19.9 Å². The van der Waals surface area contributed by atoms with Crippen molar-refractivity contribution in [3.8, 4) is 11.4 Å². The van der Waals surface area contributed by atoms with Crippen molar-refractivity contribution in [3.05, 3.63) is 61.7 Å². The van der Waals surface area contributed by atoms with Crippen molar-refractivity contribution in [2.45, 2.75) is 64.6 Å². The van der Waals surface area contributed by atoms with Gasteiger partial charge < -0.3 is 20.1 Å². The molecule has 1 atom stereocenters. The summed E-state index contributed by atoms with van der Waals surface area (Å²) in [5, 5.41) is 21.6. The van der Waals surface area contributed by atoms with Gasteiger partial charge in [-0.25, -0.2) is 9.37 Å². The second kappa shape index (κ2) is 7.84. The van der Waals surface area contributed by atoms with Gasteiger partial charge in [-0.15, -0.1) is 0 Å². The Balaban J connectivity index is 1.76. The van der Waals surface area contributed by atoms with Gasteiger partial charge >= 0.3 is 12.0 Å². The number of amides is 1. The number of carbonyl (C=O) groups excluding carboxylic acids is 1. The second-order valence-electron chi connectivity index (χ2n) is 9.38. The predicted octanol–water partition coefficient (Wildman–Crippen LogP) is 3.09. The fourth-order valence-electron chi connectivity index (χ4n) is 5.43. The molecule has 7 nitrogen and oxygen atoms in total. The quantitative estimate of drug-likeness (QED) is 0.293. The summed E-state index contributed by atoms with van der Waals surface area (Å²) in [7, 11) is 0. The molecule has 0 spiro atoms. The Morgan fingerprint density at radius 1 is 1.22 bits per heavy atom. The van der Waals surface area contributed by atoms with Gasteiger partial charge in [-0.2, -0.15) is 13.2 Å². The maximum Gasteiger partial charge on any atom is 0.453 e. The number of fused-ring (bicyclic) bond motifs is 4. The van der Waals surface area contributed by atoms with E-state index in [-0.39, 0.29) is 30.5 Å². The van der Waals surface area contributed by atoms with E-state index in [1.165, 1.54) is 10.6 Å². The Morgan fingerprint density at radius 3 is 2.56 bits per heavy atom. The van der Waals surface area contributed by atoms with Crippen LogP contribution in [-0.4, -0.2) is 37.6 Å². The smallest absolute Gasteiger partial charge is 0.351 e. The zero-order valence-corrected chi connectivity index (χ0v) is 19.7. The van der Waals surface area contributed by atoms with Gasteiger partial charge in [-0.05, 0) is 61.4 Å². The molecule has 2 aromatic heterocycles. The Hall–Kier alpha value is -3.31. The first kappa shape index (κ1) is 24.4. The third-order valence-corrected chi connectivity index (χ3v) is 7.33. The summed E-state index contributed by atoms with van der Waals surface area (Å²) >= 11 is 0. The Labute approximate surface area is 202 Å². The molecule has 1 aliphatic heterocycles. The summed E-state index contributed by atoms with van der Waals surface area (Å²) in [6.07, 6.45) is -4.80. The number of nitrogens with one attached hydrogen (secondary N) is 1. The molecule has 3 aromatic rings. The predicted molar refractivity (Wildman–Crippen MR) is 122 cm³/mol. The topological polar surface area (TPSA) is 104 Å². The van der Waals surface area contributed by atoms with E-state index in [2.05, 4.69) is 10.3 Å². The van der Waals surface area contributed by atoms with E-state index in [1.807, 2.05) is 6.92 Å². The maximum absolute atomic E-state index is 14.8. The number of halogens is 4. The van der Waals surface area contributed by atoms with Crippen molar-refractivity contribution >= 4 is 16.8 Å². The van der Waals surface area contributed by atoms with Crippen molar-refractivity contribution in [1.29, 1.82) is 0 Å². The molecule has 3 N–H and O–H groups in total. The van der Waals surface area contributed by atoms with E-state index in [0.29, 0.717) is 51.0 Å². The van der Waals surface area contributed by atoms with Gasteiger partial charge in [0.1, 0.15) is 5.82 Å². The highest BCUT2D eigenvalue weighted by atomic mass is 19.4. The second-order valence-corrected chi connectivity index (χ2v) is 9.38. The molecule has 11 heteroatoms. The summed E-state index contributed by atoms with van der Waals surface area (Å²) < 4.78 is 55.6. The van der Waals surface area contributed by atoms with E-state index in [0.717, 1.165) is 5.56 Å². The molecule has 36 heavy (non-hydrogen) atoms. The van der Waals surface area contributed by atoms with Crippen LogP contribution in [0.2, 0.25) is 0 Å². The molecule has 1 amide bonds. The van der Waals surface area contributed by atoms with Crippen molar-refractivity contribution in [3.63, 3.8) is 0 Å². The minimum absolute atomic E-state index is 0.0694. The fraction of sp³-hybridized carbons (Fsp3) is 0.400. The first-order valence-electron chi connectivity index (χ1n) is 11.5. The van der Waals surface area contributed by atoms with Gasteiger partial charge in [0.2, 0.25) is 0 Å². The molecule has 3 heterocycles. The first-order chi connectivity index (χ1) is 16.8. The van der Waals surface area contributed by atoms with Crippen LogP contribution in [0.3, 0.4) is 0 Å². The van der Waals surface area contributed by atoms with Crippen LogP contribution in [-0.2, 0) is 24.2 Å². The van der Waals surface area contributed by atoms with E-state index < -0.39 is 29.7 Å². The Bertz CT molecular complexity index is 1530. The maximum atomic E-state index is 14.8. The lowest BCUT2D eigenvalue weighted by Gasteiger charge is -2.32. The lowest BCUT2D eigenvalue weighted by molar-refractivity contribution is -0.329. The number of alkyl halides is 3. The lowest BCUT2D eigenvalue weighted by atomic mass is 9.81. The molecule has 0 saturated heterocycles. The number of hydrogen-bond donors (Lipinski definition) is 3. The van der Waals surface area contributed by atoms with Crippen LogP contribution in [0, 0.1) is 19.7 Å². The molecule has 0 fully saturated rings. The number of pyridine rings is 2. The largest absolute Gasteiger partial charge is 0.453 e. The number of aliphatic hydroxyl groups is 2. The summed E-state index contributed by atoms with van der Waals surface area (Å²) in [5.74, 6) is -7.10. The van der Waals surface area contributed by atoms with Crippen LogP contribution in [0.25, 0.3) is 22.3 Å². The summed E-state index contributed by atoms with van der Waals surface area (Å²) in [6, 6.07) is 1.98. The highest BCUT2D eigenvalue weighted by molar-refractivity contribution is 5.94. The fourth-order valence-corrected chi connectivity index (χ4v) is 5.43. The number of nitrogens with zero attached hydrogens (tertiary/aromatic N) is 2. The number of hydrogen-bond acceptors (Lipinski definition) is 5. The molecule has 0 radical (unpaired) electrons. The van der Waals surface area contributed by atoms with Crippen LogP contribution in [0.5, 0.6) is 0 Å². The highest BCUT2D eigenvalue weighted by Gasteiger charge is 2.59. The van der Waals surface area contributed by atoms with Gasteiger partial charge in [0, 0.05) is 22.6 Å². The molecule has 2 aliphatic rings. The number of aryl methyl sites for hydroxylation is 2. The van der Waals surface area contributed by atoms with Gasteiger partial charge in [0.05, 0.1) is 29.5 Å². The minimum Gasteiger partial charge on any atom is -0.351 e. The molecule has 0 bridgehead atoms. The standard InChI is InChI=1S/C25H23F4N3O4/c1-4-12-10(2)7-18-21-14(9-32(18)22(12)33)20-16(31-23(34)24(35,36)25(27,28)29)6-5-13-11(3)15(26)8-17(30-21)19(13)20/h7-8,16,35-36H,4-6,9H2,1-3H3,(H,31,34). The Morgan fingerprint density at radius 2 is 1.92 bits per heavy atom. The zero-order valence-electron chi connectivity index (χ0n) is 19.7. The molecule has 5 rings (SSSR count). The molecule has 0 saturated carbocycles. The normalized spacial score (nSPS) is 16.8. The van der Waals surface area contributed by atoms with Crippen LogP contribution in [0.1, 0.15) is 52.8 Å². The Kier molecular flexibility index (Phi) is 5.31. The third kappa shape index (κ3) is 3.29. The average molecular weight is 505 g/mol. The highest BCUT2D eigenvalue weighted by Crippen LogP contribution is 2.45. The zero-order chi connectivity index (χ0) is 26.3. The van der Waals surface area contributed by atoms with E-state index in [9.17, 15) is 37.4 Å². The van der Waals surface area contributed by atoms with E-state index in [4.69, 9.17) is 0 Å². The number of benzene rings is 1. The SMILES string of the molecule is CCc1c(C)cc2n(c1=O)Cc1c-2nc2cc(F)c(C)c3c2c1C(NC(=O)C(O)(O)C(F)(F)F)CC3. The van der Waals surface area contributed by atoms with Crippen LogP contribution >= 0.6 is 0 Å². The third-order valence-electron chi connectivity index (χ3n) is 7.33. The van der Waals surface area contributed by atoms with Crippen molar-refractivity contribution in [2.24, 2.45) is 0 Å². The molecular formula is C25H23F4N3O4. The monoisotopic (exact) mass is 505 g/mol. The van der Waals surface area contributed by atoms with E-state index >= 15 is 0 Å². The number of carbonyl (C=O) groups is 1. The van der Waals surface area contributed by atoms with Gasteiger partial charge in [0.15, 0.2) is 0 Å². The average Bonchev–Trinajstić information content (AvgIpc) is 3.15. The van der Waals surface area contributed by atoms with Crippen molar-refractivity contribution in [2.75, 3.05) is 0 Å². The molecule has 1 aliphatic carbocycles. The van der Waals surface area contributed by atoms with Crippen molar-refractivity contribution < 1.29 is 32.6 Å². The lowest BCUT2D eigenvalue weighted by Crippen LogP contribution is -2.57. The molecular weight excluding hydrogens is 482 g/mol. The van der Waals surface area contributed by atoms with Gasteiger partial charge in [-0.1, -0.05) is 6.92 Å². The minimum atomic E-state index is -5.61. The van der Waals surface area contributed by atoms with Crippen LogP contribution in [0.4, 0.5) is 17.6 Å². The van der Waals surface area contributed by atoms with Crippen LogP contribution < -0.4 is 10.9 Å². The number of rotatable bonds is 3. The molecule has 1 unspecified atom stereocenters. The summed E-state index contributed by atoms with van der Waals surface area (Å²) in [6.45, 7) is 5.31. The van der Waals surface area contributed by atoms with Gasteiger partial charge in [-0.3, -0.25) is 9.59 Å². The first-order valence-corrected chi connectivity index (χ1v) is 11.5. The van der Waals surface area contributed by atoms with Crippen molar-refractivity contribution in [1.82, 2.24) is 14.9 Å². The van der Waals surface area contributed by atoms with Crippen LogP contribution in [0.15, 0.2) is 16.9 Å². The number of aromatic nitrogens is 2. The summed E-state index contributed by atoms with van der Waals surface area (Å²) in [5.41, 5.74) is 4.19. The summed E-state index contributed by atoms with van der Waals surface area (Å²) in [4.78, 5) is 30.2. The molecule has 190 valence electrons. The molecule has 1 aromatic carbocycles. The van der Waals surface area contributed by atoms with Gasteiger partial charge in [0.25, 0.3) is 11.5 Å².